The smallest absolute Gasteiger partial charge is 0.266 e. The highest BCUT2D eigenvalue weighted by atomic mass is 32.1. The molecule has 0 unspecified atom stereocenters. The minimum Gasteiger partial charge on any atom is -0.266 e. The number of hydrogen-bond acceptors (Lipinski definition) is 4. The van der Waals surface area contributed by atoms with Crippen LogP contribution in [0.25, 0.3) is 15.9 Å². The zero-order valence-electron chi connectivity index (χ0n) is 17.5. The Bertz CT molecular complexity index is 1210. The van der Waals surface area contributed by atoms with E-state index in [4.69, 9.17) is 0 Å². The molecule has 5 nitrogen and oxygen atoms in total. The van der Waals surface area contributed by atoms with Gasteiger partial charge in [-0.3, -0.25) is 4.79 Å². The third-order valence-electron chi connectivity index (χ3n) is 4.93. The van der Waals surface area contributed by atoms with Gasteiger partial charge in [0.25, 0.3) is 5.91 Å². The molecule has 0 aliphatic carbocycles. The van der Waals surface area contributed by atoms with Crippen LogP contribution in [0.2, 0.25) is 0 Å². The maximum atomic E-state index is 12.6. The van der Waals surface area contributed by atoms with Crippen molar-refractivity contribution >= 4 is 33.7 Å². The number of carbonyl (C=O) groups excluding carboxylic acids is 1. The van der Waals surface area contributed by atoms with Crippen molar-refractivity contribution in [3.63, 3.8) is 0 Å². The molecular weight excluding hydrogens is 392 g/mol. The van der Waals surface area contributed by atoms with Gasteiger partial charge in [-0.05, 0) is 41.7 Å². The van der Waals surface area contributed by atoms with Crippen LogP contribution in [0.1, 0.15) is 47.3 Å². The SMILES string of the molecule is Cc1nn(-c2ccccc2)c2sc(C(=O)N/N=C/c3ccc(C(C)(C)C)cc3)cc12. The van der Waals surface area contributed by atoms with E-state index in [0.717, 1.165) is 27.2 Å². The minimum atomic E-state index is -0.224. The van der Waals surface area contributed by atoms with Crippen LogP contribution in [0.4, 0.5) is 0 Å². The summed E-state index contributed by atoms with van der Waals surface area (Å²) in [6.45, 7) is 8.50. The van der Waals surface area contributed by atoms with E-state index in [9.17, 15) is 4.79 Å². The van der Waals surface area contributed by atoms with Crippen molar-refractivity contribution in [1.82, 2.24) is 15.2 Å². The number of nitrogens with one attached hydrogen (secondary N) is 1. The van der Waals surface area contributed by atoms with E-state index in [0.29, 0.717) is 4.88 Å². The average molecular weight is 417 g/mol. The van der Waals surface area contributed by atoms with Gasteiger partial charge >= 0.3 is 0 Å². The zero-order chi connectivity index (χ0) is 21.3. The monoisotopic (exact) mass is 416 g/mol. The second-order valence-corrected chi connectivity index (χ2v) is 9.26. The number of fused-ring (bicyclic) bond motifs is 1. The predicted molar refractivity (Wildman–Crippen MR) is 124 cm³/mol. The fourth-order valence-electron chi connectivity index (χ4n) is 3.19. The van der Waals surface area contributed by atoms with Gasteiger partial charge in [-0.2, -0.15) is 10.2 Å². The highest BCUT2D eigenvalue weighted by Crippen LogP contribution is 2.30. The first-order chi connectivity index (χ1) is 14.3. The molecule has 0 aliphatic rings. The number of carbonyl (C=O) groups is 1. The molecule has 0 atom stereocenters. The Morgan fingerprint density at radius 3 is 2.47 bits per heavy atom. The Hall–Kier alpha value is -3.25. The molecule has 0 aliphatic heterocycles. The van der Waals surface area contributed by atoms with Gasteiger partial charge in [0.1, 0.15) is 4.83 Å². The number of amides is 1. The number of aryl methyl sites for hydroxylation is 1. The number of hydrazone groups is 1. The molecule has 0 fully saturated rings. The van der Waals surface area contributed by atoms with Crippen LogP contribution < -0.4 is 5.43 Å². The average Bonchev–Trinajstić information content (AvgIpc) is 3.29. The van der Waals surface area contributed by atoms with E-state index >= 15 is 0 Å². The lowest BCUT2D eigenvalue weighted by Crippen LogP contribution is -2.16. The van der Waals surface area contributed by atoms with Gasteiger partial charge in [0.2, 0.25) is 0 Å². The van der Waals surface area contributed by atoms with Crippen molar-refractivity contribution in [2.24, 2.45) is 5.10 Å². The number of thiophene rings is 1. The molecule has 0 saturated heterocycles. The molecule has 2 aromatic carbocycles. The van der Waals surface area contributed by atoms with Gasteiger partial charge < -0.3 is 0 Å². The number of aromatic nitrogens is 2. The molecule has 1 amide bonds. The quantitative estimate of drug-likeness (QED) is 0.355. The van der Waals surface area contributed by atoms with E-state index in [-0.39, 0.29) is 11.3 Å². The summed E-state index contributed by atoms with van der Waals surface area (Å²) < 4.78 is 1.88. The summed E-state index contributed by atoms with van der Waals surface area (Å²) in [5.74, 6) is -0.224. The molecule has 1 N–H and O–H groups in total. The normalized spacial score (nSPS) is 12.0. The molecule has 0 bridgehead atoms. The van der Waals surface area contributed by atoms with Crippen molar-refractivity contribution < 1.29 is 4.79 Å². The maximum Gasteiger partial charge on any atom is 0.281 e. The van der Waals surface area contributed by atoms with E-state index in [1.54, 1.807) is 6.21 Å². The summed E-state index contributed by atoms with van der Waals surface area (Å²) in [7, 11) is 0. The Morgan fingerprint density at radius 1 is 1.10 bits per heavy atom. The topological polar surface area (TPSA) is 59.3 Å². The lowest BCUT2D eigenvalue weighted by atomic mass is 9.87. The predicted octanol–water partition coefficient (Wildman–Crippen LogP) is 5.46. The van der Waals surface area contributed by atoms with Crippen LogP contribution in [-0.2, 0) is 5.41 Å². The Kier molecular flexibility index (Phi) is 5.26. The highest BCUT2D eigenvalue weighted by molar-refractivity contribution is 7.20. The number of hydrogen-bond donors (Lipinski definition) is 1. The van der Waals surface area contributed by atoms with Crippen molar-refractivity contribution in [2.75, 3.05) is 0 Å². The second-order valence-electron chi connectivity index (χ2n) is 8.23. The molecule has 4 rings (SSSR count). The van der Waals surface area contributed by atoms with Crippen molar-refractivity contribution in [1.29, 1.82) is 0 Å². The molecule has 4 aromatic rings. The summed E-state index contributed by atoms with van der Waals surface area (Å²) in [5.41, 5.74) is 6.81. The van der Waals surface area contributed by atoms with Crippen LogP contribution in [0.3, 0.4) is 0 Å². The van der Waals surface area contributed by atoms with Crippen LogP contribution in [0, 0.1) is 6.92 Å². The van der Waals surface area contributed by atoms with Crippen LogP contribution >= 0.6 is 11.3 Å². The van der Waals surface area contributed by atoms with E-state index in [1.807, 2.05) is 60.1 Å². The Balaban J connectivity index is 1.51. The molecule has 2 aromatic heterocycles. The van der Waals surface area contributed by atoms with Crippen LogP contribution in [-0.4, -0.2) is 21.9 Å². The molecule has 0 spiro atoms. The second kappa shape index (κ2) is 7.88. The third kappa shape index (κ3) is 4.04. The van der Waals surface area contributed by atoms with Crippen molar-refractivity contribution in [2.45, 2.75) is 33.1 Å². The fraction of sp³-hybridized carbons (Fsp3) is 0.208. The first-order valence-corrected chi connectivity index (χ1v) is 10.6. The molecule has 6 heteroatoms. The fourth-order valence-corrected chi connectivity index (χ4v) is 4.27. The minimum absolute atomic E-state index is 0.110. The van der Waals surface area contributed by atoms with E-state index in [2.05, 4.69) is 48.5 Å². The number of rotatable bonds is 4. The summed E-state index contributed by atoms with van der Waals surface area (Å²) in [5, 5.41) is 9.72. The summed E-state index contributed by atoms with van der Waals surface area (Å²) in [6, 6.07) is 20.0. The number of nitrogens with zero attached hydrogens (tertiary/aromatic N) is 3. The van der Waals surface area contributed by atoms with Gasteiger partial charge in [-0.15, -0.1) is 11.3 Å². The van der Waals surface area contributed by atoms with Crippen molar-refractivity contribution in [3.8, 4) is 5.69 Å². The van der Waals surface area contributed by atoms with Gasteiger partial charge in [-0.25, -0.2) is 10.1 Å². The Morgan fingerprint density at radius 2 is 1.80 bits per heavy atom. The summed E-state index contributed by atoms with van der Waals surface area (Å²) in [6.07, 6.45) is 1.66. The summed E-state index contributed by atoms with van der Waals surface area (Å²) in [4.78, 5) is 14.2. The lowest BCUT2D eigenvalue weighted by Gasteiger charge is -2.18. The van der Waals surface area contributed by atoms with Crippen LogP contribution in [0.5, 0.6) is 0 Å². The molecule has 0 saturated carbocycles. The summed E-state index contributed by atoms with van der Waals surface area (Å²) >= 11 is 1.41. The standard InChI is InChI=1S/C24H24N4OS/c1-16-20-14-21(30-23(20)28(27-16)19-8-6-5-7-9-19)22(29)26-25-15-17-10-12-18(13-11-17)24(2,3)4/h5-15H,1-4H3,(H,26,29)/b25-15+. The first-order valence-electron chi connectivity index (χ1n) is 9.81. The van der Waals surface area contributed by atoms with Gasteiger partial charge in [0.05, 0.1) is 22.5 Å². The lowest BCUT2D eigenvalue weighted by molar-refractivity contribution is 0.0959. The van der Waals surface area contributed by atoms with E-state index < -0.39 is 0 Å². The Labute approximate surface area is 180 Å². The highest BCUT2D eigenvalue weighted by Gasteiger charge is 2.17. The molecule has 2 heterocycles. The molecular formula is C24H24N4OS. The van der Waals surface area contributed by atoms with Crippen molar-refractivity contribution in [3.05, 3.63) is 82.4 Å². The zero-order valence-corrected chi connectivity index (χ0v) is 18.3. The maximum absolute atomic E-state index is 12.6. The first kappa shape index (κ1) is 20.0. The van der Waals surface area contributed by atoms with Gasteiger partial charge in [0.15, 0.2) is 0 Å². The molecule has 30 heavy (non-hydrogen) atoms. The van der Waals surface area contributed by atoms with Gasteiger partial charge in [-0.1, -0.05) is 63.2 Å². The third-order valence-corrected chi connectivity index (χ3v) is 6.03. The van der Waals surface area contributed by atoms with Gasteiger partial charge in [0, 0.05) is 5.39 Å². The van der Waals surface area contributed by atoms with Crippen LogP contribution in [0.15, 0.2) is 65.8 Å². The largest absolute Gasteiger partial charge is 0.281 e. The van der Waals surface area contributed by atoms with E-state index in [1.165, 1.54) is 16.9 Å². The number of benzene rings is 2. The molecule has 152 valence electrons. The molecule has 0 radical (unpaired) electrons. The number of para-hydroxylation sites is 1.